The highest BCUT2D eigenvalue weighted by molar-refractivity contribution is 5.85. The van der Waals surface area contributed by atoms with Gasteiger partial charge in [0.1, 0.15) is 17.2 Å². The maximum atomic E-state index is 13.0. The van der Waals surface area contributed by atoms with E-state index >= 15 is 0 Å². The number of benzene rings is 1. The maximum absolute atomic E-state index is 13.0. The summed E-state index contributed by atoms with van der Waals surface area (Å²) in [5, 5.41) is 0. The molecule has 1 aliphatic heterocycles. The Morgan fingerprint density at radius 2 is 2.12 bits per heavy atom. The molecule has 3 rings (SSSR count). The third-order valence-corrected chi connectivity index (χ3v) is 3.55. The molecule has 1 atom stereocenters. The summed E-state index contributed by atoms with van der Waals surface area (Å²) in [6.07, 6.45) is 4.20. The fourth-order valence-corrected chi connectivity index (χ4v) is 2.56. The smallest absolute Gasteiger partial charge is 0.125 e. The van der Waals surface area contributed by atoms with Gasteiger partial charge in [-0.15, -0.1) is 12.4 Å². The van der Waals surface area contributed by atoms with E-state index in [1.54, 1.807) is 6.07 Å². The Morgan fingerprint density at radius 3 is 2.75 bits per heavy atom. The van der Waals surface area contributed by atoms with Gasteiger partial charge >= 0.3 is 0 Å². The number of fused-ring (bicyclic) bond motifs is 1. The topological polar surface area (TPSA) is 35.2 Å². The van der Waals surface area contributed by atoms with Crippen LogP contribution >= 0.6 is 12.4 Å². The number of ether oxygens (including phenoxy) is 1. The van der Waals surface area contributed by atoms with Gasteiger partial charge in [-0.25, -0.2) is 4.39 Å². The molecule has 1 aliphatic carbocycles. The van der Waals surface area contributed by atoms with Gasteiger partial charge in [0.05, 0.1) is 0 Å². The van der Waals surface area contributed by atoms with Gasteiger partial charge in [0.15, 0.2) is 0 Å². The molecule has 1 saturated carbocycles. The molecular formula is C12H15ClFNO. The highest BCUT2D eigenvalue weighted by atomic mass is 35.5. The van der Waals surface area contributed by atoms with Gasteiger partial charge in [-0.3, -0.25) is 0 Å². The van der Waals surface area contributed by atoms with Crippen LogP contribution in [0.4, 0.5) is 4.39 Å². The SMILES string of the molecule is Cl.N[C@@H]1CC2(CCC2)Oc2ccc(F)cc21. The van der Waals surface area contributed by atoms with E-state index in [4.69, 9.17) is 10.5 Å². The Kier molecular flexibility index (Phi) is 2.84. The van der Waals surface area contributed by atoms with Crippen LogP contribution in [0.5, 0.6) is 5.75 Å². The minimum absolute atomic E-state index is 0. The van der Waals surface area contributed by atoms with Crippen LogP contribution < -0.4 is 10.5 Å². The summed E-state index contributed by atoms with van der Waals surface area (Å²) in [5.74, 6) is 0.534. The van der Waals surface area contributed by atoms with Crippen LogP contribution in [-0.2, 0) is 0 Å². The second kappa shape index (κ2) is 3.90. The number of rotatable bonds is 0. The molecule has 1 aromatic rings. The van der Waals surface area contributed by atoms with Gasteiger partial charge < -0.3 is 10.5 Å². The fourth-order valence-electron chi connectivity index (χ4n) is 2.56. The quantitative estimate of drug-likeness (QED) is 0.760. The number of halogens is 2. The zero-order chi connectivity index (χ0) is 10.5. The third kappa shape index (κ3) is 1.68. The molecule has 0 unspecified atom stereocenters. The van der Waals surface area contributed by atoms with Gasteiger partial charge in [0.2, 0.25) is 0 Å². The van der Waals surface area contributed by atoms with E-state index < -0.39 is 0 Å². The van der Waals surface area contributed by atoms with E-state index in [1.165, 1.54) is 18.6 Å². The Morgan fingerprint density at radius 1 is 1.38 bits per heavy atom. The van der Waals surface area contributed by atoms with Crippen molar-refractivity contribution in [3.8, 4) is 5.75 Å². The molecule has 1 heterocycles. The molecule has 2 nitrogen and oxygen atoms in total. The van der Waals surface area contributed by atoms with Gasteiger partial charge in [-0.1, -0.05) is 0 Å². The zero-order valence-electron chi connectivity index (χ0n) is 8.91. The van der Waals surface area contributed by atoms with Crippen molar-refractivity contribution in [2.24, 2.45) is 5.73 Å². The van der Waals surface area contributed by atoms with Crippen molar-refractivity contribution in [2.75, 3.05) is 0 Å². The summed E-state index contributed by atoms with van der Waals surface area (Å²) in [4.78, 5) is 0. The molecule has 16 heavy (non-hydrogen) atoms. The largest absolute Gasteiger partial charge is 0.487 e. The van der Waals surface area contributed by atoms with Crippen LogP contribution in [0, 0.1) is 5.82 Å². The molecule has 4 heteroatoms. The summed E-state index contributed by atoms with van der Waals surface area (Å²) in [6, 6.07) is 4.54. The van der Waals surface area contributed by atoms with Crippen LogP contribution in [0.25, 0.3) is 0 Å². The number of hydrogen-bond acceptors (Lipinski definition) is 2. The number of hydrogen-bond donors (Lipinski definition) is 1. The summed E-state index contributed by atoms with van der Waals surface area (Å²) in [7, 11) is 0. The zero-order valence-corrected chi connectivity index (χ0v) is 9.73. The monoisotopic (exact) mass is 243 g/mol. The molecule has 1 aromatic carbocycles. The lowest BCUT2D eigenvalue weighted by Gasteiger charge is -2.47. The van der Waals surface area contributed by atoms with Crippen molar-refractivity contribution in [1.29, 1.82) is 0 Å². The van der Waals surface area contributed by atoms with Crippen LogP contribution in [0.1, 0.15) is 37.3 Å². The first-order valence-corrected chi connectivity index (χ1v) is 5.43. The normalized spacial score (nSPS) is 25.0. The van der Waals surface area contributed by atoms with Crippen molar-refractivity contribution in [3.05, 3.63) is 29.6 Å². The van der Waals surface area contributed by atoms with Gasteiger partial charge in [0, 0.05) is 18.0 Å². The summed E-state index contributed by atoms with van der Waals surface area (Å²) >= 11 is 0. The molecule has 0 amide bonds. The molecule has 0 saturated heterocycles. The summed E-state index contributed by atoms with van der Waals surface area (Å²) in [6.45, 7) is 0. The Balaban J connectivity index is 0.000000963. The Bertz CT molecular complexity index is 406. The highest BCUT2D eigenvalue weighted by Gasteiger charge is 2.44. The molecule has 2 N–H and O–H groups in total. The standard InChI is InChI=1S/C12H14FNO.ClH/c13-8-2-3-11-9(6-8)10(14)7-12(15-11)4-1-5-12;/h2-3,6,10H,1,4-5,7,14H2;1H/t10-;/m1./s1. The van der Waals surface area contributed by atoms with Gasteiger partial charge in [0.25, 0.3) is 0 Å². The average Bonchev–Trinajstić information content (AvgIpc) is 2.16. The second-order valence-electron chi connectivity index (χ2n) is 4.63. The molecule has 0 bridgehead atoms. The van der Waals surface area contributed by atoms with E-state index in [-0.39, 0.29) is 29.9 Å². The first-order chi connectivity index (χ1) is 7.19. The van der Waals surface area contributed by atoms with E-state index in [9.17, 15) is 4.39 Å². The lowest BCUT2D eigenvalue weighted by atomic mass is 9.73. The van der Waals surface area contributed by atoms with Gasteiger partial charge in [-0.05, 0) is 37.5 Å². The number of nitrogens with two attached hydrogens (primary N) is 1. The Hall–Kier alpha value is -0.800. The van der Waals surface area contributed by atoms with Crippen molar-refractivity contribution in [1.82, 2.24) is 0 Å². The van der Waals surface area contributed by atoms with E-state index in [0.29, 0.717) is 0 Å². The maximum Gasteiger partial charge on any atom is 0.125 e. The molecule has 0 radical (unpaired) electrons. The molecule has 1 fully saturated rings. The molecule has 88 valence electrons. The average molecular weight is 244 g/mol. The summed E-state index contributed by atoms with van der Waals surface area (Å²) in [5.41, 5.74) is 6.83. The molecule has 1 spiro atoms. The lowest BCUT2D eigenvalue weighted by molar-refractivity contribution is -0.0330. The van der Waals surface area contributed by atoms with Gasteiger partial charge in [-0.2, -0.15) is 0 Å². The summed E-state index contributed by atoms with van der Waals surface area (Å²) < 4.78 is 19.0. The van der Waals surface area contributed by atoms with Crippen molar-refractivity contribution < 1.29 is 9.13 Å². The third-order valence-electron chi connectivity index (χ3n) is 3.55. The first kappa shape index (κ1) is 11.7. The van der Waals surface area contributed by atoms with Crippen molar-refractivity contribution in [2.45, 2.75) is 37.3 Å². The van der Waals surface area contributed by atoms with Crippen LogP contribution in [-0.4, -0.2) is 5.60 Å². The second-order valence-corrected chi connectivity index (χ2v) is 4.63. The fraction of sp³-hybridized carbons (Fsp3) is 0.500. The van der Waals surface area contributed by atoms with E-state index in [2.05, 4.69) is 0 Å². The van der Waals surface area contributed by atoms with Crippen molar-refractivity contribution in [3.63, 3.8) is 0 Å². The molecular weight excluding hydrogens is 229 g/mol. The minimum atomic E-state index is -0.239. The van der Waals surface area contributed by atoms with E-state index in [0.717, 1.165) is 30.6 Å². The highest BCUT2D eigenvalue weighted by Crippen LogP contribution is 2.47. The van der Waals surface area contributed by atoms with E-state index in [1.807, 2.05) is 0 Å². The van der Waals surface area contributed by atoms with Crippen LogP contribution in [0.15, 0.2) is 18.2 Å². The van der Waals surface area contributed by atoms with Crippen LogP contribution in [0.3, 0.4) is 0 Å². The Labute approximate surface area is 100 Å². The lowest BCUT2D eigenvalue weighted by Crippen LogP contribution is -2.48. The van der Waals surface area contributed by atoms with Crippen molar-refractivity contribution >= 4 is 12.4 Å². The van der Waals surface area contributed by atoms with Crippen LogP contribution in [0.2, 0.25) is 0 Å². The first-order valence-electron chi connectivity index (χ1n) is 5.43. The molecule has 2 aliphatic rings. The predicted octanol–water partition coefficient (Wildman–Crippen LogP) is 2.95. The molecule has 0 aromatic heterocycles. The minimum Gasteiger partial charge on any atom is -0.487 e. The predicted molar refractivity (Wildman–Crippen MR) is 62.4 cm³/mol.